The van der Waals surface area contributed by atoms with Crippen LogP contribution in [0.4, 0.5) is 8.78 Å². The maximum atomic E-state index is 14.3. The number of esters is 1. The highest BCUT2D eigenvalue weighted by atomic mass is 19.3. The first kappa shape index (κ1) is 13.7. The van der Waals surface area contributed by atoms with Crippen molar-refractivity contribution in [3.8, 4) is 0 Å². The monoisotopic (exact) mass is 261 g/mol. The van der Waals surface area contributed by atoms with Gasteiger partial charge in [0.25, 0.3) is 5.92 Å². The Hall–Kier alpha value is -0.710. The van der Waals surface area contributed by atoms with Gasteiger partial charge in [-0.2, -0.15) is 0 Å². The van der Waals surface area contributed by atoms with Crippen LogP contribution in [-0.2, 0) is 9.53 Å². The summed E-state index contributed by atoms with van der Waals surface area (Å²) < 4.78 is 33.4. The van der Waals surface area contributed by atoms with E-state index in [4.69, 9.17) is 4.74 Å². The molecule has 0 N–H and O–H groups in total. The average molecular weight is 261 g/mol. The molecule has 18 heavy (non-hydrogen) atoms. The summed E-state index contributed by atoms with van der Waals surface area (Å²) in [6.07, 6.45) is 3.00. The fourth-order valence-electron chi connectivity index (χ4n) is 3.12. The number of ether oxygens (including phenoxy) is 1. The summed E-state index contributed by atoms with van der Waals surface area (Å²) in [6.45, 7) is 0.430. The topological polar surface area (TPSA) is 29.5 Å². The second-order valence-corrected chi connectivity index (χ2v) is 5.77. The second-order valence-electron chi connectivity index (χ2n) is 5.77. The number of likely N-dealkylation sites (tertiary alicyclic amines) is 1. The van der Waals surface area contributed by atoms with Crippen LogP contribution in [0.15, 0.2) is 0 Å². The molecule has 1 saturated heterocycles. The molecule has 2 rings (SSSR count). The maximum Gasteiger partial charge on any atom is 0.319 e. The molecule has 5 heteroatoms. The Bertz CT molecular complexity index is 331. The molecule has 0 amide bonds. The van der Waals surface area contributed by atoms with Crippen molar-refractivity contribution in [2.24, 2.45) is 11.3 Å². The number of rotatable bonds is 3. The minimum atomic E-state index is -2.96. The summed E-state index contributed by atoms with van der Waals surface area (Å²) in [5.74, 6) is -3.45. The van der Waals surface area contributed by atoms with Gasteiger partial charge >= 0.3 is 5.97 Å². The highest BCUT2D eigenvalue weighted by Crippen LogP contribution is 2.51. The van der Waals surface area contributed by atoms with Gasteiger partial charge in [0, 0.05) is 19.5 Å². The van der Waals surface area contributed by atoms with E-state index in [-0.39, 0.29) is 25.3 Å². The highest BCUT2D eigenvalue weighted by Gasteiger charge is 2.62. The van der Waals surface area contributed by atoms with Gasteiger partial charge in [0.1, 0.15) is 5.41 Å². The normalized spacial score (nSPS) is 32.9. The zero-order valence-corrected chi connectivity index (χ0v) is 11.0. The van der Waals surface area contributed by atoms with Crippen LogP contribution in [0.1, 0.15) is 32.1 Å². The Morgan fingerprint density at radius 3 is 2.61 bits per heavy atom. The van der Waals surface area contributed by atoms with Gasteiger partial charge in [-0.1, -0.05) is 19.3 Å². The average Bonchev–Trinajstić information content (AvgIpc) is 2.27. The van der Waals surface area contributed by atoms with E-state index in [0.29, 0.717) is 6.54 Å². The molecule has 1 saturated carbocycles. The molecule has 1 heterocycles. The lowest BCUT2D eigenvalue weighted by Crippen LogP contribution is -2.60. The Kier molecular flexibility index (Phi) is 3.63. The van der Waals surface area contributed by atoms with E-state index in [1.807, 2.05) is 4.90 Å². The fraction of sp³-hybridized carbons (Fsp3) is 0.923. The number of methoxy groups -OCH3 is 1. The molecular formula is C13H21F2NO2. The van der Waals surface area contributed by atoms with Crippen LogP contribution in [0.5, 0.6) is 0 Å². The summed E-state index contributed by atoms with van der Waals surface area (Å²) in [6, 6.07) is 0. The zero-order chi connectivity index (χ0) is 13.4. The van der Waals surface area contributed by atoms with E-state index in [0.717, 1.165) is 19.3 Å². The van der Waals surface area contributed by atoms with E-state index in [1.54, 1.807) is 7.05 Å². The number of carbonyl (C=O) groups is 1. The molecule has 3 nitrogen and oxygen atoms in total. The number of hydrogen-bond acceptors (Lipinski definition) is 3. The number of halogens is 2. The summed E-state index contributed by atoms with van der Waals surface area (Å²) in [5, 5.41) is 0. The van der Waals surface area contributed by atoms with Crippen molar-refractivity contribution in [2.75, 3.05) is 27.2 Å². The van der Waals surface area contributed by atoms with Crippen LogP contribution in [0.3, 0.4) is 0 Å². The molecule has 0 aromatic rings. The molecule has 1 atom stereocenters. The molecule has 0 aromatic carbocycles. The smallest absolute Gasteiger partial charge is 0.319 e. The van der Waals surface area contributed by atoms with Gasteiger partial charge in [0.15, 0.2) is 0 Å². The molecule has 2 aliphatic rings. The molecule has 0 bridgehead atoms. The van der Waals surface area contributed by atoms with Gasteiger partial charge in [0.2, 0.25) is 0 Å². The van der Waals surface area contributed by atoms with Crippen molar-refractivity contribution >= 4 is 5.97 Å². The first-order chi connectivity index (χ1) is 8.41. The van der Waals surface area contributed by atoms with Crippen molar-refractivity contribution in [1.29, 1.82) is 0 Å². The van der Waals surface area contributed by atoms with Crippen LogP contribution < -0.4 is 0 Å². The zero-order valence-electron chi connectivity index (χ0n) is 11.0. The number of carbonyl (C=O) groups excluding carboxylic acids is 1. The SMILES string of the molecule is COC(=O)C1(CC2CCC2)CN(C)CCC1(F)F. The maximum absolute atomic E-state index is 14.3. The number of piperidine rings is 1. The van der Waals surface area contributed by atoms with Crippen LogP contribution in [0.25, 0.3) is 0 Å². The number of alkyl halides is 2. The molecule has 0 aromatic heterocycles. The van der Waals surface area contributed by atoms with Gasteiger partial charge in [-0.25, -0.2) is 8.78 Å². The highest BCUT2D eigenvalue weighted by molar-refractivity contribution is 5.78. The molecule has 0 radical (unpaired) electrons. The predicted octanol–water partition coefficient (Wildman–Crippen LogP) is 2.31. The summed E-state index contributed by atoms with van der Waals surface area (Å²) in [5.41, 5.74) is -1.64. The largest absolute Gasteiger partial charge is 0.468 e. The van der Waals surface area contributed by atoms with Crippen molar-refractivity contribution in [3.63, 3.8) is 0 Å². The Balaban J connectivity index is 2.27. The lowest BCUT2D eigenvalue weighted by Gasteiger charge is -2.47. The molecule has 104 valence electrons. The molecule has 1 aliphatic carbocycles. The van der Waals surface area contributed by atoms with E-state index >= 15 is 0 Å². The van der Waals surface area contributed by atoms with E-state index in [9.17, 15) is 13.6 Å². The molecule has 1 aliphatic heterocycles. The molecular weight excluding hydrogens is 240 g/mol. The summed E-state index contributed by atoms with van der Waals surface area (Å²) in [7, 11) is 2.99. The minimum Gasteiger partial charge on any atom is -0.468 e. The second kappa shape index (κ2) is 4.76. The lowest BCUT2D eigenvalue weighted by atomic mass is 9.66. The Labute approximate surface area is 106 Å². The predicted molar refractivity (Wildman–Crippen MR) is 63.5 cm³/mol. The number of hydrogen-bond donors (Lipinski definition) is 0. The molecule has 2 fully saturated rings. The third-order valence-corrected chi connectivity index (χ3v) is 4.49. The quantitative estimate of drug-likeness (QED) is 0.730. The van der Waals surface area contributed by atoms with Gasteiger partial charge in [0.05, 0.1) is 7.11 Å². The lowest BCUT2D eigenvalue weighted by molar-refractivity contribution is -0.204. The molecule has 1 unspecified atom stereocenters. The van der Waals surface area contributed by atoms with E-state index in [2.05, 4.69) is 0 Å². The van der Waals surface area contributed by atoms with Crippen LogP contribution in [0.2, 0.25) is 0 Å². The summed E-state index contributed by atoms with van der Waals surface area (Å²) in [4.78, 5) is 13.8. The van der Waals surface area contributed by atoms with Crippen molar-refractivity contribution in [3.05, 3.63) is 0 Å². The third kappa shape index (κ3) is 2.13. The molecule has 0 spiro atoms. The Morgan fingerprint density at radius 1 is 1.44 bits per heavy atom. The van der Waals surface area contributed by atoms with Crippen molar-refractivity contribution in [1.82, 2.24) is 4.90 Å². The van der Waals surface area contributed by atoms with Gasteiger partial charge in [-0.15, -0.1) is 0 Å². The minimum absolute atomic E-state index is 0.100. The van der Waals surface area contributed by atoms with E-state index < -0.39 is 17.3 Å². The standard InChI is InChI=1S/C13H21F2NO2/c1-16-7-6-13(14,15)12(9-16,11(17)18-2)8-10-4-3-5-10/h10H,3-9H2,1-2H3. The van der Waals surface area contributed by atoms with Crippen molar-refractivity contribution in [2.45, 2.75) is 38.0 Å². The summed E-state index contributed by atoms with van der Waals surface area (Å²) >= 11 is 0. The van der Waals surface area contributed by atoms with E-state index in [1.165, 1.54) is 7.11 Å². The Morgan fingerprint density at radius 2 is 2.11 bits per heavy atom. The first-order valence-electron chi connectivity index (χ1n) is 6.56. The van der Waals surface area contributed by atoms with Gasteiger partial charge in [-0.05, 0) is 19.4 Å². The van der Waals surface area contributed by atoms with Crippen molar-refractivity contribution < 1.29 is 18.3 Å². The van der Waals surface area contributed by atoms with Crippen LogP contribution in [-0.4, -0.2) is 44.0 Å². The van der Waals surface area contributed by atoms with Gasteiger partial charge in [-0.3, -0.25) is 4.79 Å². The van der Waals surface area contributed by atoms with Gasteiger partial charge < -0.3 is 9.64 Å². The third-order valence-electron chi connectivity index (χ3n) is 4.49. The number of nitrogens with zero attached hydrogens (tertiary/aromatic N) is 1. The fourth-order valence-corrected chi connectivity index (χ4v) is 3.12. The van der Waals surface area contributed by atoms with Crippen LogP contribution in [0, 0.1) is 11.3 Å². The van der Waals surface area contributed by atoms with Crippen LogP contribution >= 0.6 is 0 Å². The first-order valence-corrected chi connectivity index (χ1v) is 6.56.